The fourth-order valence-corrected chi connectivity index (χ4v) is 3.92. The van der Waals surface area contributed by atoms with Crippen molar-refractivity contribution in [2.45, 2.75) is 32.0 Å². The molecule has 0 saturated carbocycles. The van der Waals surface area contributed by atoms with Crippen molar-refractivity contribution >= 4 is 23.4 Å². The Bertz CT molecular complexity index is 998. The average Bonchev–Trinajstić information content (AvgIpc) is 3.09. The second kappa shape index (κ2) is 8.06. The van der Waals surface area contributed by atoms with Gasteiger partial charge < -0.3 is 19.7 Å². The third kappa shape index (κ3) is 3.68. The Balaban J connectivity index is 1.53. The number of anilines is 1. The van der Waals surface area contributed by atoms with Gasteiger partial charge >= 0.3 is 0 Å². The lowest BCUT2D eigenvalue weighted by atomic mass is 10.0. The van der Waals surface area contributed by atoms with Crippen molar-refractivity contribution in [3.8, 4) is 11.5 Å². The molecule has 30 heavy (non-hydrogen) atoms. The van der Waals surface area contributed by atoms with Gasteiger partial charge in [-0.3, -0.25) is 19.7 Å². The monoisotopic (exact) mass is 409 g/mol. The highest BCUT2D eigenvalue weighted by molar-refractivity contribution is 6.06. The molecule has 2 aromatic rings. The molecule has 0 spiro atoms. The van der Waals surface area contributed by atoms with Gasteiger partial charge in [0.1, 0.15) is 17.5 Å². The highest BCUT2D eigenvalue weighted by atomic mass is 16.5. The molecule has 0 aromatic heterocycles. The number of methoxy groups -OCH3 is 2. The molecule has 1 fully saturated rings. The molecule has 0 bridgehead atoms. The van der Waals surface area contributed by atoms with Crippen LogP contribution in [0.2, 0.25) is 0 Å². The molecule has 1 atom stereocenters. The molecule has 1 saturated heterocycles. The van der Waals surface area contributed by atoms with E-state index in [1.165, 1.54) is 0 Å². The second-order valence-corrected chi connectivity index (χ2v) is 7.31. The zero-order valence-electron chi connectivity index (χ0n) is 16.9. The van der Waals surface area contributed by atoms with E-state index in [0.717, 1.165) is 16.8 Å². The van der Waals surface area contributed by atoms with E-state index in [9.17, 15) is 14.4 Å². The summed E-state index contributed by atoms with van der Waals surface area (Å²) in [5.41, 5.74) is 3.22. The van der Waals surface area contributed by atoms with Gasteiger partial charge in [-0.25, -0.2) is 0 Å². The number of piperidine rings is 1. The summed E-state index contributed by atoms with van der Waals surface area (Å²) in [5.74, 6) is 0.500. The Hall–Kier alpha value is -3.55. The van der Waals surface area contributed by atoms with Crippen molar-refractivity contribution in [3.63, 3.8) is 0 Å². The van der Waals surface area contributed by atoms with Crippen molar-refractivity contribution in [2.24, 2.45) is 0 Å². The number of imide groups is 1. The fourth-order valence-electron chi connectivity index (χ4n) is 3.92. The molecular weight excluding hydrogens is 386 g/mol. The summed E-state index contributed by atoms with van der Waals surface area (Å²) in [6, 6.07) is 10.5. The minimum absolute atomic E-state index is 0.189. The summed E-state index contributed by atoms with van der Waals surface area (Å²) in [6.45, 7) is 0.835. The van der Waals surface area contributed by atoms with Crippen molar-refractivity contribution in [1.82, 2.24) is 10.2 Å². The van der Waals surface area contributed by atoms with Crippen LogP contribution in [0.15, 0.2) is 36.4 Å². The molecule has 1 unspecified atom stereocenters. The first-order valence-corrected chi connectivity index (χ1v) is 9.72. The molecule has 2 N–H and O–H groups in total. The number of hydrogen-bond donors (Lipinski definition) is 2. The molecule has 2 aromatic carbocycles. The predicted octanol–water partition coefficient (Wildman–Crippen LogP) is 2.08. The quantitative estimate of drug-likeness (QED) is 0.709. The summed E-state index contributed by atoms with van der Waals surface area (Å²) in [4.78, 5) is 38.1. The summed E-state index contributed by atoms with van der Waals surface area (Å²) in [7, 11) is 3.20. The van der Waals surface area contributed by atoms with Gasteiger partial charge in [0.2, 0.25) is 11.8 Å². The first kappa shape index (κ1) is 19.8. The summed E-state index contributed by atoms with van der Waals surface area (Å²) < 4.78 is 10.6. The molecule has 8 nitrogen and oxygen atoms in total. The Morgan fingerprint density at radius 2 is 1.83 bits per heavy atom. The van der Waals surface area contributed by atoms with E-state index in [2.05, 4.69) is 10.6 Å². The molecule has 8 heteroatoms. The van der Waals surface area contributed by atoms with Gasteiger partial charge in [0.25, 0.3) is 5.91 Å². The van der Waals surface area contributed by atoms with Crippen LogP contribution >= 0.6 is 0 Å². The highest BCUT2D eigenvalue weighted by Gasteiger charge is 2.39. The Morgan fingerprint density at radius 1 is 1.10 bits per heavy atom. The Kier molecular flexibility index (Phi) is 5.31. The number of fused-ring (bicyclic) bond motifs is 1. The maximum absolute atomic E-state index is 12.9. The van der Waals surface area contributed by atoms with Crippen molar-refractivity contribution in [2.75, 3.05) is 19.5 Å². The van der Waals surface area contributed by atoms with Crippen LogP contribution in [0.5, 0.6) is 11.5 Å². The van der Waals surface area contributed by atoms with Crippen molar-refractivity contribution < 1.29 is 23.9 Å². The number of ether oxygens (including phenoxy) is 2. The lowest BCUT2D eigenvalue weighted by molar-refractivity contribution is -0.136. The third-order valence-corrected chi connectivity index (χ3v) is 5.48. The highest BCUT2D eigenvalue weighted by Crippen LogP contribution is 2.33. The van der Waals surface area contributed by atoms with E-state index in [-0.39, 0.29) is 18.2 Å². The number of nitrogens with zero attached hydrogens (tertiary/aromatic N) is 1. The average molecular weight is 409 g/mol. The van der Waals surface area contributed by atoms with Crippen molar-refractivity contribution in [3.05, 3.63) is 53.1 Å². The van der Waals surface area contributed by atoms with E-state index < -0.39 is 11.9 Å². The van der Waals surface area contributed by atoms with Crippen LogP contribution in [-0.2, 0) is 22.7 Å². The molecule has 4 rings (SSSR count). The minimum Gasteiger partial charge on any atom is -0.497 e. The lowest BCUT2D eigenvalue weighted by Crippen LogP contribution is -2.52. The van der Waals surface area contributed by atoms with Crippen LogP contribution in [0.1, 0.15) is 34.3 Å². The van der Waals surface area contributed by atoms with Crippen LogP contribution in [-0.4, -0.2) is 42.9 Å². The van der Waals surface area contributed by atoms with Crippen LogP contribution < -0.4 is 20.1 Å². The molecule has 2 aliphatic rings. The summed E-state index contributed by atoms with van der Waals surface area (Å²) in [5, 5.41) is 5.71. The summed E-state index contributed by atoms with van der Waals surface area (Å²) >= 11 is 0. The van der Waals surface area contributed by atoms with Gasteiger partial charge in [-0.15, -0.1) is 0 Å². The second-order valence-electron chi connectivity index (χ2n) is 7.31. The zero-order chi connectivity index (χ0) is 21.3. The van der Waals surface area contributed by atoms with Gasteiger partial charge in [-0.1, -0.05) is 6.07 Å². The number of carbonyl (C=O) groups excluding carboxylic acids is 3. The van der Waals surface area contributed by atoms with Crippen molar-refractivity contribution in [1.29, 1.82) is 0 Å². The maximum atomic E-state index is 12.9. The first-order valence-electron chi connectivity index (χ1n) is 9.72. The van der Waals surface area contributed by atoms with Crippen LogP contribution in [0.25, 0.3) is 0 Å². The smallest absolute Gasteiger partial charge is 0.255 e. The molecule has 0 radical (unpaired) electrons. The maximum Gasteiger partial charge on any atom is 0.255 e. The first-order chi connectivity index (χ1) is 14.5. The van der Waals surface area contributed by atoms with Gasteiger partial charge in [-0.05, 0) is 36.2 Å². The lowest BCUT2D eigenvalue weighted by Gasteiger charge is -2.29. The third-order valence-electron chi connectivity index (χ3n) is 5.48. The molecule has 2 heterocycles. The van der Waals surface area contributed by atoms with E-state index in [4.69, 9.17) is 9.47 Å². The number of carbonyl (C=O) groups is 3. The number of amides is 3. The minimum atomic E-state index is -0.627. The fraction of sp³-hybridized carbons (Fsp3) is 0.318. The standard InChI is InChI=1S/C22H23N3O5/c1-29-14-8-13(9-15(10-14)30-2)11-23-18-5-3-4-16-17(18)12-25(22(16)28)19-6-7-20(26)24-21(19)27/h3-5,8-10,19,23H,6-7,11-12H2,1-2H3,(H,24,26,27). The van der Waals surface area contributed by atoms with Gasteiger partial charge in [0.05, 0.1) is 14.2 Å². The van der Waals surface area contributed by atoms with E-state index in [1.54, 1.807) is 31.3 Å². The van der Waals surface area contributed by atoms with Gasteiger partial charge in [0.15, 0.2) is 0 Å². The number of rotatable bonds is 6. The van der Waals surface area contributed by atoms with Crippen LogP contribution in [0, 0.1) is 0 Å². The predicted molar refractivity (Wildman–Crippen MR) is 109 cm³/mol. The number of nitrogens with one attached hydrogen (secondary N) is 2. The van der Waals surface area contributed by atoms with Gasteiger partial charge in [-0.2, -0.15) is 0 Å². The van der Waals surface area contributed by atoms with Crippen LogP contribution in [0.3, 0.4) is 0 Å². The normalized spacial score (nSPS) is 18.1. The molecule has 156 valence electrons. The Labute approximate surface area is 174 Å². The molecule has 0 aliphatic carbocycles. The number of benzene rings is 2. The van der Waals surface area contributed by atoms with E-state index in [0.29, 0.717) is 36.6 Å². The number of hydrogen-bond acceptors (Lipinski definition) is 6. The SMILES string of the molecule is COc1cc(CNc2cccc3c2CN(C2CCC(=O)NC2=O)C3=O)cc(OC)c1. The largest absolute Gasteiger partial charge is 0.497 e. The zero-order valence-corrected chi connectivity index (χ0v) is 16.9. The topological polar surface area (TPSA) is 97.0 Å². The van der Waals surface area contributed by atoms with Crippen LogP contribution in [0.4, 0.5) is 5.69 Å². The molecular formula is C22H23N3O5. The molecule has 3 amide bonds. The van der Waals surface area contributed by atoms with E-state index in [1.807, 2.05) is 24.3 Å². The Morgan fingerprint density at radius 3 is 2.50 bits per heavy atom. The molecule has 2 aliphatic heterocycles. The van der Waals surface area contributed by atoms with E-state index >= 15 is 0 Å². The van der Waals surface area contributed by atoms with Gasteiger partial charge in [0, 0.05) is 42.4 Å². The summed E-state index contributed by atoms with van der Waals surface area (Å²) in [6.07, 6.45) is 0.579.